The number of anilines is 1. The van der Waals surface area contributed by atoms with Gasteiger partial charge in [0.2, 0.25) is 0 Å². The molecule has 100 valence electrons. The summed E-state index contributed by atoms with van der Waals surface area (Å²) in [6, 6.07) is 9.07. The molecule has 0 aliphatic carbocycles. The number of hydrogen-bond acceptors (Lipinski definition) is 2. The van der Waals surface area contributed by atoms with Gasteiger partial charge in [-0.2, -0.15) is 0 Å². The lowest BCUT2D eigenvalue weighted by molar-refractivity contribution is 0.104. The molecule has 5 heteroatoms. The van der Waals surface area contributed by atoms with Gasteiger partial charge in [0.25, 0.3) is 0 Å². The van der Waals surface area contributed by atoms with Crippen LogP contribution in [-0.4, -0.2) is 10.8 Å². The quantitative estimate of drug-likeness (QED) is 0.557. The van der Waals surface area contributed by atoms with Crippen LogP contribution in [0.4, 0.5) is 10.1 Å². The highest BCUT2D eigenvalue weighted by Gasteiger charge is 2.16. The number of halogens is 2. The van der Waals surface area contributed by atoms with Gasteiger partial charge in [-0.25, -0.2) is 4.39 Å². The monoisotopic (exact) mass is 288 g/mol. The summed E-state index contributed by atoms with van der Waals surface area (Å²) < 4.78 is 13.3. The Morgan fingerprint density at radius 3 is 2.80 bits per heavy atom. The van der Waals surface area contributed by atoms with Gasteiger partial charge in [0.15, 0.2) is 5.78 Å². The van der Waals surface area contributed by atoms with Gasteiger partial charge in [-0.1, -0.05) is 23.7 Å². The van der Waals surface area contributed by atoms with Gasteiger partial charge in [-0.3, -0.25) is 4.79 Å². The first kappa shape index (κ1) is 12.7. The van der Waals surface area contributed by atoms with Crippen LogP contribution in [0.5, 0.6) is 0 Å². The van der Waals surface area contributed by atoms with E-state index < -0.39 is 5.82 Å². The van der Waals surface area contributed by atoms with Crippen molar-refractivity contribution in [1.82, 2.24) is 4.98 Å². The molecule has 0 amide bonds. The topological polar surface area (TPSA) is 58.9 Å². The predicted octanol–water partition coefficient (Wildman–Crippen LogP) is 3.77. The van der Waals surface area contributed by atoms with Crippen LogP contribution >= 0.6 is 11.6 Å². The molecule has 0 atom stereocenters. The number of aromatic nitrogens is 1. The van der Waals surface area contributed by atoms with Gasteiger partial charge in [-0.05, 0) is 24.3 Å². The van der Waals surface area contributed by atoms with Gasteiger partial charge in [-0.15, -0.1) is 0 Å². The molecule has 0 radical (unpaired) electrons. The van der Waals surface area contributed by atoms with Crippen LogP contribution < -0.4 is 5.73 Å². The maximum atomic E-state index is 13.3. The number of ketones is 1. The fourth-order valence-electron chi connectivity index (χ4n) is 2.20. The lowest BCUT2D eigenvalue weighted by Crippen LogP contribution is -2.02. The van der Waals surface area contributed by atoms with Crippen molar-refractivity contribution in [3.05, 3.63) is 64.6 Å². The van der Waals surface area contributed by atoms with Crippen LogP contribution in [0, 0.1) is 5.82 Å². The predicted molar refractivity (Wildman–Crippen MR) is 77.6 cm³/mol. The van der Waals surface area contributed by atoms with Gasteiger partial charge in [0.1, 0.15) is 5.82 Å². The van der Waals surface area contributed by atoms with Gasteiger partial charge >= 0.3 is 0 Å². The molecule has 0 bridgehead atoms. The Kier molecular flexibility index (Phi) is 2.95. The smallest absolute Gasteiger partial charge is 0.195 e. The van der Waals surface area contributed by atoms with Crippen LogP contribution in [0.2, 0.25) is 5.02 Å². The average molecular weight is 289 g/mol. The van der Waals surface area contributed by atoms with Crippen molar-refractivity contribution in [2.24, 2.45) is 0 Å². The Hall–Kier alpha value is -2.33. The number of para-hydroxylation sites is 1. The maximum Gasteiger partial charge on any atom is 0.195 e. The van der Waals surface area contributed by atoms with E-state index in [2.05, 4.69) is 4.98 Å². The van der Waals surface area contributed by atoms with Crippen molar-refractivity contribution in [3.63, 3.8) is 0 Å². The lowest BCUT2D eigenvalue weighted by atomic mass is 10.0. The Labute approximate surface area is 119 Å². The van der Waals surface area contributed by atoms with Crippen LogP contribution in [0.3, 0.4) is 0 Å². The number of nitrogen functional groups attached to an aromatic ring is 1. The number of carbonyl (C=O) groups is 1. The fraction of sp³-hybridized carbons (Fsp3) is 0. The lowest BCUT2D eigenvalue weighted by Gasteiger charge is -2.02. The van der Waals surface area contributed by atoms with Crippen LogP contribution in [0.25, 0.3) is 10.9 Å². The number of fused-ring (bicyclic) bond motifs is 1. The molecular weight excluding hydrogens is 279 g/mol. The average Bonchev–Trinajstić information content (AvgIpc) is 2.82. The van der Waals surface area contributed by atoms with Gasteiger partial charge in [0, 0.05) is 28.4 Å². The molecule has 0 saturated heterocycles. The van der Waals surface area contributed by atoms with E-state index in [4.69, 9.17) is 17.3 Å². The van der Waals surface area contributed by atoms with E-state index in [1.807, 2.05) is 0 Å². The van der Waals surface area contributed by atoms with Gasteiger partial charge < -0.3 is 10.7 Å². The largest absolute Gasteiger partial charge is 0.399 e. The van der Waals surface area contributed by atoms with Crippen molar-refractivity contribution < 1.29 is 9.18 Å². The van der Waals surface area contributed by atoms with Crippen molar-refractivity contribution in [1.29, 1.82) is 0 Å². The number of benzene rings is 2. The summed E-state index contributed by atoms with van der Waals surface area (Å²) in [7, 11) is 0. The standard InChI is InChI=1S/C15H10ClFN2O/c16-13-3-1-2-11-12(7-19-14(11)13)15(20)8-4-9(17)6-10(18)5-8/h1-7,19H,18H2. The van der Waals surface area contributed by atoms with Crippen molar-refractivity contribution >= 4 is 34.0 Å². The van der Waals surface area contributed by atoms with E-state index in [1.54, 1.807) is 24.4 Å². The number of nitrogens with two attached hydrogens (primary N) is 1. The molecule has 1 heterocycles. The normalized spacial score (nSPS) is 10.9. The molecule has 3 aromatic rings. The molecule has 0 spiro atoms. The van der Waals surface area contributed by atoms with E-state index in [0.717, 1.165) is 0 Å². The summed E-state index contributed by atoms with van der Waals surface area (Å²) in [4.78, 5) is 15.4. The van der Waals surface area contributed by atoms with Crippen LogP contribution in [-0.2, 0) is 0 Å². The Morgan fingerprint density at radius 1 is 1.25 bits per heavy atom. The molecule has 3 N–H and O–H groups in total. The summed E-state index contributed by atoms with van der Waals surface area (Å²) in [6.07, 6.45) is 1.57. The number of nitrogens with one attached hydrogen (secondary N) is 1. The second kappa shape index (κ2) is 4.65. The third kappa shape index (κ3) is 2.04. The minimum absolute atomic E-state index is 0.211. The van der Waals surface area contributed by atoms with Gasteiger partial charge in [0.05, 0.1) is 10.5 Å². The zero-order valence-electron chi connectivity index (χ0n) is 10.3. The summed E-state index contributed by atoms with van der Waals surface area (Å²) in [5, 5.41) is 1.23. The number of rotatable bonds is 2. The molecule has 0 aliphatic rings. The molecule has 2 aromatic carbocycles. The number of carbonyl (C=O) groups excluding carboxylic acids is 1. The Morgan fingerprint density at radius 2 is 2.05 bits per heavy atom. The molecule has 3 nitrogen and oxygen atoms in total. The Bertz CT molecular complexity index is 806. The zero-order chi connectivity index (χ0) is 14.3. The molecule has 0 saturated carbocycles. The summed E-state index contributed by atoms with van der Waals surface area (Å²) >= 11 is 6.05. The molecule has 0 unspecified atom stereocenters. The first-order chi connectivity index (χ1) is 9.56. The zero-order valence-corrected chi connectivity index (χ0v) is 11.0. The minimum atomic E-state index is -0.536. The molecule has 1 aromatic heterocycles. The van der Waals surface area contributed by atoms with Crippen LogP contribution in [0.15, 0.2) is 42.6 Å². The van der Waals surface area contributed by atoms with Crippen molar-refractivity contribution in [3.8, 4) is 0 Å². The molecule has 0 aliphatic heterocycles. The number of H-pyrrole nitrogens is 1. The second-order valence-corrected chi connectivity index (χ2v) is 4.87. The number of hydrogen-bond donors (Lipinski definition) is 2. The molecule has 3 rings (SSSR count). The minimum Gasteiger partial charge on any atom is -0.399 e. The highest BCUT2D eigenvalue weighted by atomic mass is 35.5. The third-order valence-electron chi connectivity index (χ3n) is 3.09. The van der Waals surface area contributed by atoms with Crippen molar-refractivity contribution in [2.45, 2.75) is 0 Å². The molecular formula is C15H10ClFN2O. The van der Waals surface area contributed by atoms with Crippen LogP contribution in [0.1, 0.15) is 15.9 Å². The van der Waals surface area contributed by atoms with Crippen molar-refractivity contribution in [2.75, 3.05) is 5.73 Å². The highest BCUT2D eigenvalue weighted by Crippen LogP contribution is 2.27. The first-order valence-corrected chi connectivity index (χ1v) is 6.30. The Balaban J connectivity index is 2.15. The fourth-order valence-corrected chi connectivity index (χ4v) is 2.43. The van der Waals surface area contributed by atoms with E-state index in [-0.39, 0.29) is 17.0 Å². The summed E-state index contributed by atoms with van der Waals surface area (Å²) in [5.41, 5.74) is 7.11. The first-order valence-electron chi connectivity index (χ1n) is 5.92. The maximum absolute atomic E-state index is 13.3. The summed E-state index contributed by atoms with van der Waals surface area (Å²) in [5.74, 6) is -0.837. The second-order valence-electron chi connectivity index (χ2n) is 4.47. The molecule has 0 fully saturated rings. The van der Waals surface area contributed by atoms with E-state index in [1.165, 1.54) is 18.2 Å². The van der Waals surface area contributed by atoms with E-state index in [9.17, 15) is 9.18 Å². The SMILES string of the molecule is Nc1cc(F)cc(C(=O)c2c[nH]c3c(Cl)cccc23)c1. The highest BCUT2D eigenvalue weighted by molar-refractivity contribution is 6.35. The van der Waals surface area contributed by atoms with E-state index >= 15 is 0 Å². The number of aromatic amines is 1. The van der Waals surface area contributed by atoms with E-state index in [0.29, 0.717) is 21.5 Å². The third-order valence-corrected chi connectivity index (χ3v) is 3.41. The summed E-state index contributed by atoms with van der Waals surface area (Å²) in [6.45, 7) is 0. The molecule has 20 heavy (non-hydrogen) atoms.